The predicted octanol–water partition coefficient (Wildman–Crippen LogP) is 2.78. The molecule has 1 aromatic carbocycles. The summed E-state index contributed by atoms with van der Waals surface area (Å²) in [5, 5.41) is 0. The highest BCUT2D eigenvalue weighted by atomic mass is 16.3. The molecule has 4 nitrogen and oxygen atoms in total. The van der Waals surface area contributed by atoms with E-state index in [0.717, 1.165) is 16.8 Å². The van der Waals surface area contributed by atoms with E-state index in [4.69, 9.17) is 10.2 Å². The van der Waals surface area contributed by atoms with Crippen molar-refractivity contribution in [2.45, 2.75) is 6.92 Å². The molecule has 17 heavy (non-hydrogen) atoms. The van der Waals surface area contributed by atoms with Gasteiger partial charge in [0.05, 0.1) is 0 Å². The normalized spacial score (nSPS) is 10.9. The van der Waals surface area contributed by atoms with E-state index in [1.807, 2.05) is 31.2 Å². The SMILES string of the molecule is Cc1cc(-c2nc3ccc(N)cc3o2)ccn1. The summed E-state index contributed by atoms with van der Waals surface area (Å²) in [6.07, 6.45) is 1.74. The molecule has 0 aliphatic rings. The van der Waals surface area contributed by atoms with Crippen LogP contribution >= 0.6 is 0 Å². The summed E-state index contributed by atoms with van der Waals surface area (Å²) in [5.41, 5.74) is 9.74. The fourth-order valence-corrected chi connectivity index (χ4v) is 1.74. The highest BCUT2D eigenvalue weighted by molar-refractivity contribution is 5.79. The standard InChI is InChI=1S/C13H11N3O/c1-8-6-9(4-5-15-8)13-16-11-3-2-10(14)7-12(11)17-13/h2-7H,14H2,1H3. The van der Waals surface area contributed by atoms with Crippen LogP contribution in [0.2, 0.25) is 0 Å². The molecule has 3 rings (SSSR count). The van der Waals surface area contributed by atoms with Gasteiger partial charge < -0.3 is 10.2 Å². The molecular formula is C13H11N3O. The van der Waals surface area contributed by atoms with Crippen molar-refractivity contribution < 1.29 is 4.42 Å². The van der Waals surface area contributed by atoms with Gasteiger partial charge in [-0.3, -0.25) is 4.98 Å². The number of aryl methyl sites for hydroxylation is 1. The number of aromatic nitrogens is 2. The van der Waals surface area contributed by atoms with E-state index in [1.165, 1.54) is 0 Å². The van der Waals surface area contributed by atoms with Crippen LogP contribution in [0, 0.1) is 6.92 Å². The van der Waals surface area contributed by atoms with Gasteiger partial charge >= 0.3 is 0 Å². The molecule has 0 saturated carbocycles. The first-order valence-electron chi connectivity index (χ1n) is 5.31. The first-order chi connectivity index (χ1) is 8.22. The molecule has 0 bridgehead atoms. The Morgan fingerprint density at radius 2 is 2.06 bits per heavy atom. The predicted molar refractivity (Wildman–Crippen MR) is 66.4 cm³/mol. The highest BCUT2D eigenvalue weighted by Crippen LogP contribution is 2.25. The number of hydrogen-bond donors (Lipinski definition) is 1. The van der Waals surface area contributed by atoms with Crippen LogP contribution in [0.3, 0.4) is 0 Å². The average molecular weight is 225 g/mol. The van der Waals surface area contributed by atoms with Crippen LogP contribution in [0.15, 0.2) is 40.9 Å². The number of nitrogens with two attached hydrogens (primary N) is 1. The van der Waals surface area contributed by atoms with Gasteiger partial charge in [-0.2, -0.15) is 0 Å². The molecule has 0 aliphatic heterocycles. The third-order valence-electron chi connectivity index (χ3n) is 2.56. The summed E-state index contributed by atoms with van der Waals surface area (Å²) in [6, 6.07) is 9.26. The molecule has 0 atom stereocenters. The molecule has 2 N–H and O–H groups in total. The Morgan fingerprint density at radius 3 is 2.88 bits per heavy atom. The van der Waals surface area contributed by atoms with Crippen LogP contribution < -0.4 is 5.73 Å². The average Bonchev–Trinajstić information content (AvgIpc) is 2.72. The zero-order valence-electron chi connectivity index (χ0n) is 9.34. The lowest BCUT2D eigenvalue weighted by molar-refractivity contribution is 0.620. The van der Waals surface area contributed by atoms with Crippen LogP contribution in [0.1, 0.15) is 5.69 Å². The molecule has 4 heteroatoms. The monoisotopic (exact) mass is 225 g/mol. The number of oxazole rings is 1. The molecule has 0 saturated heterocycles. The minimum atomic E-state index is 0.594. The van der Waals surface area contributed by atoms with Gasteiger partial charge in [0.15, 0.2) is 5.58 Å². The van der Waals surface area contributed by atoms with E-state index in [-0.39, 0.29) is 0 Å². The maximum atomic E-state index is 5.70. The number of fused-ring (bicyclic) bond motifs is 1. The Morgan fingerprint density at radius 1 is 1.18 bits per heavy atom. The Labute approximate surface area is 98.1 Å². The van der Waals surface area contributed by atoms with E-state index in [1.54, 1.807) is 12.3 Å². The molecule has 0 aliphatic carbocycles. The number of rotatable bonds is 1. The smallest absolute Gasteiger partial charge is 0.227 e. The summed E-state index contributed by atoms with van der Waals surface area (Å²) in [4.78, 5) is 8.56. The van der Waals surface area contributed by atoms with Crippen molar-refractivity contribution in [2.24, 2.45) is 0 Å². The second-order valence-electron chi connectivity index (χ2n) is 3.93. The minimum absolute atomic E-state index is 0.594. The topological polar surface area (TPSA) is 64.9 Å². The Balaban J connectivity index is 2.18. The van der Waals surface area contributed by atoms with E-state index >= 15 is 0 Å². The number of anilines is 1. The molecule has 0 fully saturated rings. The molecule has 2 heterocycles. The number of nitrogens with zero attached hydrogens (tertiary/aromatic N) is 2. The van der Waals surface area contributed by atoms with E-state index in [9.17, 15) is 0 Å². The largest absolute Gasteiger partial charge is 0.436 e. The molecule has 2 aromatic heterocycles. The van der Waals surface area contributed by atoms with Crippen molar-refractivity contribution in [3.8, 4) is 11.5 Å². The quantitative estimate of drug-likeness (QED) is 0.647. The third kappa shape index (κ3) is 1.73. The molecule has 84 valence electrons. The van der Waals surface area contributed by atoms with Gasteiger partial charge in [-0.05, 0) is 31.2 Å². The minimum Gasteiger partial charge on any atom is -0.436 e. The highest BCUT2D eigenvalue weighted by Gasteiger charge is 2.08. The first-order valence-corrected chi connectivity index (χ1v) is 5.31. The zero-order valence-corrected chi connectivity index (χ0v) is 9.34. The van der Waals surface area contributed by atoms with E-state index in [2.05, 4.69) is 9.97 Å². The summed E-state index contributed by atoms with van der Waals surface area (Å²) >= 11 is 0. The van der Waals surface area contributed by atoms with Gasteiger partial charge in [-0.25, -0.2) is 4.98 Å². The van der Waals surface area contributed by atoms with Crippen molar-refractivity contribution >= 4 is 16.8 Å². The summed E-state index contributed by atoms with van der Waals surface area (Å²) < 4.78 is 5.67. The third-order valence-corrected chi connectivity index (χ3v) is 2.56. The lowest BCUT2D eigenvalue weighted by Crippen LogP contribution is -1.82. The van der Waals surface area contributed by atoms with Crippen molar-refractivity contribution in [1.29, 1.82) is 0 Å². The maximum absolute atomic E-state index is 5.70. The molecule has 0 amide bonds. The Kier molecular flexibility index (Phi) is 2.08. The fourth-order valence-electron chi connectivity index (χ4n) is 1.74. The van der Waals surface area contributed by atoms with Gasteiger partial charge in [-0.15, -0.1) is 0 Å². The van der Waals surface area contributed by atoms with Crippen molar-refractivity contribution in [2.75, 3.05) is 5.73 Å². The van der Waals surface area contributed by atoms with Crippen molar-refractivity contribution in [1.82, 2.24) is 9.97 Å². The number of nitrogen functional groups attached to an aromatic ring is 1. The summed E-state index contributed by atoms with van der Waals surface area (Å²) in [6.45, 7) is 1.93. The molecule has 0 unspecified atom stereocenters. The maximum Gasteiger partial charge on any atom is 0.227 e. The van der Waals surface area contributed by atoms with Crippen molar-refractivity contribution in [3.63, 3.8) is 0 Å². The van der Waals surface area contributed by atoms with E-state index < -0.39 is 0 Å². The second kappa shape index (κ2) is 3.59. The van der Waals surface area contributed by atoms with Crippen LogP contribution in [-0.4, -0.2) is 9.97 Å². The second-order valence-corrected chi connectivity index (χ2v) is 3.93. The van der Waals surface area contributed by atoms with E-state index in [0.29, 0.717) is 17.2 Å². The number of hydrogen-bond acceptors (Lipinski definition) is 4. The van der Waals surface area contributed by atoms with Gasteiger partial charge in [0, 0.05) is 29.2 Å². The van der Waals surface area contributed by atoms with Gasteiger partial charge in [0.25, 0.3) is 0 Å². The lowest BCUT2D eigenvalue weighted by Gasteiger charge is -1.95. The Hall–Kier alpha value is -2.36. The zero-order chi connectivity index (χ0) is 11.8. The van der Waals surface area contributed by atoms with Gasteiger partial charge in [-0.1, -0.05) is 0 Å². The Bertz CT molecular complexity index is 688. The molecule has 3 aromatic rings. The molecule has 0 spiro atoms. The van der Waals surface area contributed by atoms with Crippen LogP contribution in [0.25, 0.3) is 22.6 Å². The van der Waals surface area contributed by atoms with Crippen molar-refractivity contribution in [3.05, 3.63) is 42.2 Å². The first kappa shape index (κ1) is 9.84. The van der Waals surface area contributed by atoms with Gasteiger partial charge in [0.1, 0.15) is 5.52 Å². The number of benzene rings is 1. The van der Waals surface area contributed by atoms with Crippen LogP contribution in [0.5, 0.6) is 0 Å². The molecule has 0 radical (unpaired) electrons. The molecular weight excluding hydrogens is 214 g/mol. The summed E-state index contributed by atoms with van der Waals surface area (Å²) in [5.74, 6) is 0.594. The van der Waals surface area contributed by atoms with Crippen LogP contribution in [-0.2, 0) is 0 Å². The van der Waals surface area contributed by atoms with Crippen LogP contribution in [0.4, 0.5) is 5.69 Å². The fraction of sp³-hybridized carbons (Fsp3) is 0.0769. The van der Waals surface area contributed by atoms with Gasteiger partial charge in [0.2, 0.25) is 5.89 Å². The summed E-state index contributed by atoms with van der Waals surface area (Å²) in [7, 11) is 0. The lowest BCUT2D eigenvalue weighted by atomic mass is 10.2. The number of pyridine rings is 1.